The van der Waals surface area contributed by atoms with Crippen LogP contribution in [-0.2, 0) is 5.41 Å². The molecule has 3 heteroatoms. The summed E-state index contributed by atoms with van der Waals surface area (Å²) in [6.45, 7) is 6.62. The Morgan fingerprint density at radius 3 is 2.33 bits per heavy atom. The lowest BCUT2D eigenvalue weighted by Crippen LogP contribution is -2.15. The Labute approximate surface area is 140 Å². The van der Waals surface area contributed by atoms with Crippen LogP contribution in [0.2, 0.25) is 0 Å². The number of methoxy groups -OCH3 is 1. The highest BCUT2D eigenvalue weighted by Gasteiger charge is 2.22. The van der Waals surface area contributed by atoms with E-state index in [9.17, 15) is 0 Å². The van der Waals surface area contributed by atoms with Crippen LogP contribution in [0.3, 0.4) is 0 Å². The van der Waals surface area contributed by atoms with Gasteiger partial charge in [0.1, 0.15) is 5.75 Å². The monoisotopic (exact) mass is 366 g/mol. The number of hydrogen-bond donors (Lipinski definition) is 0. The van der Waals surface area contributed by atoms with Crippen molar-refractivity contribution < 1.29 is 4.74 Å². The summed E-state index contributed by atoms with van der Waals surface area (Å²) in [6, 6.07) is 14.3. The minimum absolute atomic E-state index is 0.0629. The maximum Gasteiger partial charge on any atom is 0.133 e. The van der Waals surface area contributed by atoms with E-state index in [1.54, 1.807) is 7.11 Å². The highest BCUT2D eigenvalue weighted by molar-refractivity contribution is 9.10. The number of hydrogen-bond acceptors (Lipinski definition) is 1. The second-order valence-electron chi connectivity index (χ2n) is 6.09. The second kappa shape index (κ2) is 6.41. The first-order valence-corrected chi connectivity index (χ1v) is 8.14. The lowest BCUT2D eigenvalue weighted by Gasteiger charge is -2.25. The topological polar surface area (TPSA) is 9.23 Å². The van der Waals surface area contributed by atoms with Crippen LogP contribution in [0.4, 0.5) is 0 Å². The van der Waals surface area contributed by atoms with E-state index in [-0.39, 0.29) is 10.8 Å². The van der Waals surface area contributed by atoms with E-state index >= 15 is 0 Å². The average Bonchev–Trinajstić information content (AvgIpc) is 2.45. The van der Waals surface area contributed by atoms with Gasteiger partial charge in [-0.3, -0.25) is 0 Å². The Kier molecular flexibility index (Phi) is 5.00. The summed E-state index contributed by atoms with van der Waals surface area (Å²) in [7, 11) is 1.66. The minimum atomic E-state index is -0.178. The molecule has 2 rings (SSSR count). The van der Waals surface area contributed by atoms with Gasteiger partial charge in [-0.15, -0.1) is 11.6 Å². The molecule has 2 aromatic rings. The standard InChI is InChI=1S/C18H20BrClO/c1-18(2,3)14-8-6-5-7-13(14)17(20)12-9-10-16(21-4)15(19)11-12/h5-11,17H,1-4H3. The molecule has 1 nitrogen and oxygen atoms in total. The maximum absolute atomic E-state index is 6.75. The predicted octanol–water partition coefficient (Wildman–Crippen LogP) is 6.08. The van der Waals surface area contributed by atoms with Crippen LogP contribution in [0.15, 0.2) is 46.9 Å². The zero-order chi connectivity index (χ0) is 15.6. The van der Waals surface area contributed by atoms with Gasteiger partial charge in [-0.25, -0.2) is 0 Å². The molecule has 2 aromatic carbocycles. The predicted molar refractivity (Wildman–Crippen MR) is 93.5 cm³/mol. The van der Waals surface area contributed by atoms with E-state index in [0.29, 0.717) is 0 Å². The first kappa shape index (κ1) is 16.4. The molecule has 0 aliphatic heterocycles. The smallest absolute Gasteiger partial charge is 0.133 e. The molecule has 0 fully saturated rings. The van der Waals surface area contributed by atoms with Gasteiger partial charge in [0.25, 0.3) is 0 Å². The first-order valence-electron chi connectivity index (χ1n) is 6.91. The van der Waals surface area contributed by atoms with E-state index in [1.165, 1.54) is 5.56 Å². The van der Waals surface area contributed by atoms with Gasteiger partial charge in [0, 0.05) is 0 Å². The normalized spacial score (nSPS) is 13.0. The Bertz CT molecular complexity index is 631. The van der Waals surface area contributed by atoms with E-state index in [1.807, 2.05) is 24.3 Å². The number of rotatable bonds is 3. The Morgan fingerprint density at radius 1 is 1.10 bits per heavy atom. The summed E-state index contributed by atoms with van der Waals surface area (Å²) >= 11 is 10.3. The third kappa shape index (κ3) is 3.61. The van der Waals surface area contributed by atoms with Crippen LogP contribution in [0.1, 0.15) is 42.8 Å². The highest BCUT2D eigenvalue weighted by Crippen LogP contribution is 2.38. The van der Waals surface area contributed by atoms with Gasteiger partial charge in [0.15, 0.2) is 0 Å². The molecule has 0 amide bonds. The number of benzene rings is 2. The lowest BCUT2D eigenvalue weighted by molar-refractivity contribution is 0.412. The van der Waals surface area contributed by atoms with Crippen molar-refractivity contribution in [2.45, 2.75) is 31.6 Å². The van der Waals surface area contributed by atoms with Crippen molar-refractivity contribution in [3.8, 4) is 5.75 Å². The molecular weight excluding hydrogens is 348 g/mol. The summed E-state index contributed by atoms with van der Waals surface area (Å²) in [5.41, 5.74) is 3.55. The molecule has 0 spiro atoms. The zero-order valence-corrected chi connectivity index (χ0v) is 15.1. The molecule has 0 bridgehead atoms. The summed E-state index contributed by atoms with van der Waals surface area (Å²) in [6.07, 6.45) is 0. The minimum Gasteiger partial charge on any atom is -0.496 e. The average molecular weight is 368 g/mol. The molecule has 0 aliphatic carbocycles. The van der Waals surface area contributed by atoms with Crippen molar-refractivity contribution in [1.29, 1.82) is 0 Å². The third-order valence-corrected chi connectivity index (χ3v) is 4.62. The van der Waals surface area contributed by atoms with E-state index in [2.05, 4.69) is 54.9 Å². The summed E-state index contributed by atoms with van der Waals surface area (Å²) in [5, 5.41) is -0.178. The summed E-state index contributed by atoms with van der Waals surface area (Å²) in [5.74, 6) is 0.812. The second-order valence-corrected chi connectivity index (χ2v) is 7.38. The Hall–Kier alpha value is -0.990. The molecule has 0 aliphatic rings. The first-order chi connectivity index (χ1) is 9.84. The van der Waals surface area contributed by atoms with Crippen molar-refractivity contribution in [2.24, 2.45) is 0 Å². The van der Waals surface area contributed by atoms with Gasteiger partial charge in [-0.05, 0) is 50.2 Å². The fourth-order valence-corrected chi connectivity index (χ4v) is 3.31. The SMILES string of the molecule is COc1ccc(C(Cl)c2ccccc2C(C)(C)C)cc1Br. The molecular formula is C18H20BrClO. The third-order valence-electron chi connectivity index (χ3n) is 3.51. The largest absolute Gasteiger partial charge is 0.496 e. The maximum atomic E-state index is 6.75. The van der Waals surface area contributed by atoms with Gasteiger partial charge in [-0.1, -0.05) is 51.1 Å². The summed E-state index contributed by atoms with van der Waals surface area (Å²) < 4.78 is 6.19. The fraction of sp³-hybridized carbons (Fsp3) is 0.333. The Balaban J connectivity index is 2.45. The molecule has 0 radical (unpaired) electrons. The molecule has 21 heavy (non-hydrogen) atoms. The molecule has 0 saturated heterocycles. The fourth-order valence-electron chi connectivity index (χ4n) is 2.42. The van der Waals surface area contributed by atoms with E-state index in [4.69, 9.17) is 16.3 Å². The van der Waals surface area contributed by atoms with Crippen LogP contribution in [0.25, 0.3) is 0 Å². The lowest BCUT2D eigenvalue weighted by atomic mass is 9.82. The number of halogens is 2. The number of ether oxygens (including phenoxy) is 1. The quantitative estimate of drug-likeness (QED) is 0.597. The van der Waals surface area contributed by atoms with Crippen LogP contribution >= 0.6 is 27.5 Å². The zero-order valence-electron chi connectivity index (χ0n) is 12.8. The molecule has 0 aromatic heterocycles. The Morgan fingerprint density at radius 2 is 1.76 bits per heavy atom. The van der Waals surface area contributed by atoms with Crippen molar-refractivity contribution in [3.63, 3.8) is 0 Å². The van der Waals surface area contributed by atoms with Gasteiger partial charge >= 0.3 is 0 Å². The molecule has 0 N–H and O–H groups in total. The van der Waals surface area contributed by atoms with Crippen molar-refractivity contribution in [3.05, 3.63) is 63.6 Å². The molecule has 1 unspecified atom stereocenters. The van der Waals surface area contributed by atoms with Crippen LogP contribution < -0.4 is 4.74 Å². The van der Waals surface area contributed by atoms with E-state index in [0.717, 1.165) is 21.3 Å². The van der Waals surface area contributed by atoms with Gasteiger partial charge in [-0.2, -0.15) is 0 Å². The van der Waals surface area contributed by atoms with Crippen LogP contribution in [0.5, 0.6) is 5.75 Å². The van der Waals surface area contributed by atoms with Crippen LogP contribution in [0, 0.1) is 0 Å². The van der Waals surface area contributed by atoms with E-state index < -0.39 is 0 Å². The van der Waals surface area contributed by atoms with Gasteiger partial charge in [0.2, 0.25) is 0 Å². The molecule has 1 atom stereocenters. The van der Waals surface area contributed by atoms with Crippen molar-refractivity contribution in [2.75, 3.05) is 7.11 Å². The molecule has 0 heterocycles. The van der Waals surface area contributed by atoms with Crippen LogP contribution in [-0.4, -0.2) is 7.11 Å². The van der Waals surface area contributed by atoms with Gasteiger partial charge in [0.05, 0.1) is 17.0 Å². The highest BCUT2D eigenvalue weighted by atomic mass is 79.9. The van der Waals surface area contributed by atoms with Gasteiger partial charge < -0.3 is 4.74 Å². The van der Waals surface area contributed by atoms with Crippen molar-refractivity contribution in [1.82, 2.24) is 0 Å². The molecule has 0 saturated carbocycles. The molecule has 112 valence electrons. The van der Waals surface area contributed by atoms with Crippen molar-refractivity contribution >= 4 is 27.5 Å². The summed E-state index contributed by atoms with van der Waals surface area (Å²) in [4.78, 5) is 0. The number of alkyl halides is 1.